The van der Waals surface area contributed by atoms with Crippen LogP contribution in [0, 0.1) is 5.82 Å². The van der Waals surface area contributed by atoms with Crippen LogP contribution < -0.4 is 10.6 Å². The fourth-order valence-corrected chi connectivity index (χ4v) is 2.72. The van der Waals surface area contributed by atoms with Crippen molar-refractivity contribution in [3.05, 3.63) is 34.4 Å². The Morgan fingerprint density at radius 1 is 1.33 bits per heavy atom. The molecule has 0 spiro atoms. The Morgan fingerprint density at radius 3 is 2.81 bits per heavy atom. The Labute approximate surface area is 128 Å². The highest BCUT2D eigenvalue weighted by atomic mass is 32.1. The lowest BCUT2D eigenvalue weighted by molar-refractivity contribution is 0.560. The van der Waals surface area contributed by atoms with Crippen LogP contribution in [0.2, 0.25) is 0 Å². The molecule has 0 saturated carbocycles. The van der Waals surface area contributed by atoms with Gasteiger partial charge in [-0.05, 0) is 17.9 Å². The SMILES string of the molecule is CCCNc1ncc(F)c(NCC(C)(C)c2cccs2)n1. The lowest BCUT2D eigenvalue weighted by Gasteiger charge is -2.24. The summed E-state index contributed by atoms with van der Waals surface area (Å²) in [5.74, 6) is 0.266. The highest BCUT2D eigenvalue weighted by molar-refractivity contribution is 7.10. The van der Waals surface area contributed by atoms with Gasteiger partial charge in [-0.2, -0.15) is 4.98 Å². The first-order valence-corrected chi connectivity index (χ1v) is 7.95. The van der Waals surface area contributed by atoms with Gasteiger partial charge in [0.25, 0.3) is 0 Å². The highest BCUT2D eigenvalue weighted by Crippen LogP contribution is 2.28. The first-order valence-electron chi connectivity index (χ1n) is 7.07. The average molecular weight is 308 g/mol. The Hall–Kier alpha value is -1.69. The molecule has 2 rings (SSSR count). The fourth-order valence-electron chi connectivity index (χ4n) is 1.87. The van der Waals surface area contributed by atoms with Crippen LogP contribution in [0.15, 0.2) is 23.7 Å². The van der Waals surface area contributed by atoms with E-state index in [0.717, 1.165) is 13.0 Å². The summed E-state index contributed by atoms with van der Waals surface area (Å²) in [5, 5.41) is 8.21. The first-order chi connectivity index (χ1) is 10.0. The number of thiophene rings is 1. The van der Waals surface area contributed by atoms with Crippen LogP contribution in [-0.4, -0.2) is 23.1 Å². The van der Waals surface area contributed by atoms with Crippen LogP contribution >= 0.6 is 11.3 Å². The summed E-state index contributed by atoms with van der Waals surface area (Å²) in [7, 11) is 0. The minimum Gasteiger partial charge on any atom is -0.367 e. The molecule has 21 heavy (non-hydrogen) atoms. The molecule has 0 saturated heterocycles. The van der Waals surface area contributed by atoms with Crippen molar-refractivity contribution in [2.24, 2.45) is 0 Å². The molecule has 0 unspecified atom stereocenters. The quantitative estimate of drug-likeness (QED) is 0.815. The Bertz CT molecular complexity index is 569. The van der Waals surface area contributed by atoms with Gasteiger partial charge in [-0.15, -0.1) is 11.3 Å². The van der Waals surface area contributed by atoms with E-state index in [-0.39, 0.29) is 11.2 Å². The van der Waals surface area contributed by atoms with Crippen molar-refractivity contribution in [3.8, 4) is 0 Å². The van der Waals surface area contributed by atoms with Gasteiger partial charge in [0.1, 0.15) is 0 Å². The molecule has 0 aliphatic carbocycles. The van der Waals surface area contributed by atoms with Crippen molar-refractivity contribution in [1.82, 2.24) is 9.97 Å². The number of anilines is 2. The molecule has 2 aromatic rings. The van der Waals surface area contributed by atoms with Crippen LogP contribution in [0.5, 0.6) is 0 Å². The van der Waals surface area contributed by atoms with E-state index in [1.54, 1.807) is 11.3 Å². The second kappa shape index (κ2) is 6.85. The third-order valence-electron chi connectivity index (χ3n) is 3.16. The predicted molar refractivity (Wildman–Crippen MR) is 86.6 cm³/mol. The average Bonchev–Trinajstić information content (AvgIpc) is 3.00. The maximum atomic E-state index is 13.8. The van der Waals surface area contributed by atoms with Gasteiger partial charge in [0.2, 0.25) is 5.95 Å². The second-order valence-corrected chi connectivity index (χ2v) is 6.48. The van der Waals surface area contributed by atoms with E-state index in [0.29, 0.717) is 12.5 Å². The van der Waals surface area contributed by atoms with Crippen LogP contribution in [0.3, 0.4) is 0 Å². The van der Waals surface area contributed by atoms with E-state index in [9.17, 15) is 4.39 Å². The third-order valence-corrected chi connectivity index (χ3v) is 4.40. The normalized spacial score (nSPS) is 11.4. The summed E-state index contributed by atoms with van der Waals surface area (Å²) in [5.41, 5.74) is -0.0808. The molecule has 2 heterocycles. The molecule has 0 fully saturated rings. The molecular weight excluding hydrogens is 287 g/mol. The number of rotatable bonds is 7. The molecule has 114 valence electrons. The summed E-state index contributed by atoms with van der Waals surface area (Å²) in [6.45, 7) is 7.68. The number of hydrogen-bond donors (Lipinski definition) is 2. The minimum absolute atomic E-state index is 0.0808. The Kier molecular flexibility index (Phi) is 5.12. The molecule has 6 heteroatoms. The summed E-state index contributed by atoms with van der Waals surface area (Å²) in [4.78, 5) is 9.38. The molecule has 0 amide bonds. The number of aromatic nitrogens is 2. The van der Waals surface area contributed by atoms with Gasteiger partial charge >= 0.3 is 0 Å². The van der Waals surface area contributed by atoms with E-state index in [4.69, 9.17) is 0 Å². The molecule has 0 bridgehead atoms. The van der Waals surface area contributed by atoms with Crippen LogP contribution in [0.25, 0.3) is 0 Å². The summed E-state index contributed by atoms with van der Waals surface area (Å²) < 4.78 is 13.8. The van der Waals surface area contributed by atoms with Gasteiger partial charge in [-0.3, -0.25) is 0 Å². The standard InChI is InChI=1S/C15H21FN4S/c1-4-7-17-14-18-9-11(16)13(20-14)19-10-15(2,3)12-6-5-8-21-12/h5-6,8-9H,4,7,10H2,1-3H3,(H2,17,18,19,20). The largest absolute Gasteiger partial charge is 0.367 e. The highest BCUT2D eigenvalue weighted by Gasteiger charge is 2.22. The zero-order valence-corrected chi connectivity index (χ0v) is 13.4. The van der Waals surface area contributed by atoms with Gasteiger partial charge in [-0.25, -0.2) is 9.37 Å². The van der Waals surface area contributed by atoms with Crippen molar-refractivity contribution in [3.63, 3.8) is 0 Å². The Morgan fingerprint density at radius 2 is 2.14 bits per heavy atom. The van der Waals surface area contributed by atoms with Crippen molar-refractivity contribution in [2.45, 2.75) is 32.6 Å². The molecule has 0 aromatic carbocycles. The van der Waals surface area contributed by atoms with Crippen molar-refractivity contribution in [1.29, 1.82) is 0 Å². The van der Waals surface area contributed by atoms with Gasteiger partial charge in [0, 0.05) is 23.4 Å². The topological polar surface area (TPSA) is 49.8 Å². The zero-order valence-electron chi connectivity index (χ0n) is 12.6. The van der Waals surface area contributed by atoms with Crippen molar-refractivity contribution < 1.29 is 4.39 Å². The van der Waals surface area contributed by atoms with Gasteiger partial charge in [-0.1, -0.05) is 26.8 Å². The van der Waals surface area contributed by atoms with E-state index in [1.165, 1.54) is 11.1 Å². The predicted octanol–water partition coefficient (Wildman–Crippen LogP) is 3.89. The number of hydrogen-bond acceptors (Lipinski definition) is 5. The third kappa shape index (κ3) is 4.14. The number of halogens is 1. The number of nitrogens with one attached hydrogen (secondary N) is 2. The van der Waals surface area contributed by atoms with Crippen molar-refractivity contribution in [2.75, 3.05) is 23.7 Å². The fraction of sp³-hybridized carbons (Fsp3) is 0.467. The van der Waals surface area contributed by atoms with Crippen LogP contribution in [-0.2, 0) is 5.41 Å². The smallest absolute Gasteiger partial charge is 0.224 e. The molecule has 4 nitrogen and oxygen atoms in total. The van der Waals surface area contributed by atoms with E-state index in [2.05, 4.69) is 52.8 Å². The first kappa shape index (κ1) is 15.7. The maximum absolute atomic E-state index is 13.8. The van der Waals surface area contributed by atoms with Gasteiger partial charge in [0.15, 0.2) is 11.6 Å². The lowest BCUT2D eigenvalue weighted by atomic mass is 9.91. The lowest BCUT2D eigenvalue weighted by Crippen LogP contribution is -2.27. The molecule has 2 N–H and O–H groups in total. The van der Waals surface area contributed by atoms with Crippen LogP contribution in [0.1, 0.15) is 32.1 Å². The number of nitrogens with zero attached hydrogens (tertiary/aromatic N) is 2. The molecule has 0 atom stereocenters. The minimum atomic E-state index is -0.431. The molecular formula is C15H21FN4S. The van der Waals surface area contributed by atoms with Crippen molar-refractivity contribution >= 4 is 23.1 Å². The maximum Gasteiger partial charge on any atom is 0.224 e. The summed E-state index contributed by atoms with van der Waals surface area (Å²) in [6, 6.07) is 4.12. The zero-order chi connectivity index (χ0) is 15.3. The van der Waals surface area contributed by atoms with E-state index < -0.39 is 5.82 Å². The monoisotopic (exact) mass is 308 g/mol. The van der Waals surface area contributed by atoms with Crippen LogP contribution in [0.4, 0.5) is 16.2 Å². The molecule has 2 aromatic heterocycles. The molecule has 0 aliphatic rings. The summed E-state index contributed by atoms with van der Waals surface area (Å²) in [6.07, 6.45) is 2.17. The van der Waals surface area contributed by atoms with E-state index >= 15 is 0 Å². The second-order valence-electron chi connectivity index (χ2n) is 5.53. The van der Waals surface area contributed by atoms with Gasteiger partial charge < -0.3 is 10.6 Å². The van der Waals surface area contributed by atoms with E-state index in [1.807, 2.05) is 6.07 Å². The van der Waals surface area contributed by atoms with Gasteiger partial charge in [0.05, 0.1) is 6.20 Å². The molecule has 0 aliphatic heterocycles. The molecule has 0 radical (unpaired) electrons. The summed E-state index contributed by atoms with van der Waals surface area (Å²) >= 11 is 1.70. The Balaban J connectivity index is 2.05.